The summed E-state index contributed by atoms with van der Waals surface area (Å²) in [6.45, 7) is 1.07. The summed E-state index contributed by atoms with van der Waals surface area (Å²) < 4.78 is 0. The molecule has 1 aliphatic carbocycles. The van der Waals surface area contributed by atoms with Gasteiger partial charge in [-0.1, -0.05) is 12.2 Å². The van der Waals surface area contributed by atoms with Gasteiger partial charge in [-0.2, -0.15) is 0 Å². The van der Waals surface area contributed by atoms with Crippen molar-refractivity contribution in [1.29, 1.82) is 0 Å². The second-order valence-electron chi connectivity index (χ2n) is 3.92. The molecule has 2 rings (SSSR count). The van der Waals surface area contributed by atoms with Crippen molar-refractivity contribution < 1.29 is 9.90 Å². The lowest BCUT2D eigenvalue weighted by Gasteiger charge is -2.36. The molecule has 0 aromatic carbocycles. The zero-order valence-corrected chi connectivity index (χ0v) is 7.65. The molecule has 1 unspecified atom stereocenters. The van der Waals surface area contributed by atoms with Gasteiger partial charge in [-0.25, -0.2) is 0 Å². The number of aliphatic hydroxyl groups excluding tert-OH is 1. The number of hydrogen-bond acceptors (Lipinski definition) is 2. The third-order valence-corrected chi connectivity index (χ3v) is 2.76. The highest BCUT2D eigenvalue weighted by Gasteiger charge is 2.29. The van der Waals surface area contributed by atoms with Gasteiger partial charge in [-0.05, 0) is 18.8 Å². The highest BCUT2D eigenvalue weighted by molar-refractivity contribution is 5.77. The Labute approximate surface area is 78.0 Å². The molecule has 2 aliphatic rings. The van der Waals surface area contributed by atoms with E-state index in [1.54, 1.807) is 4.90 Å². The molecule has 1 atom stereocenters. The standard InChI is InChI=1S/C10H15NO2/c12-9-6-11(7-9)10(13)5-8-3-1-2-4-8/h1,3,8-9,12H,2,4-7H2. The maximum Gasteiger partial charge on any atom is 0.223 e. The lowest BCUT2D eigenvalue weighted by atomic mass is 10.0. The molecule has 1 fully saturated rings. The van der Waals surface area contributed by atoms with Gasteiger partial charge in [0.15, 0.2) is 0 Å². The highest BCUT2D eigenvalue weighted by atomic mass is 16.3. The molecular weight excluding hydrogens is 166 g/mol. The average Bonchev–Trinajstić information content (AvgIpc) is 2.51. The number of aliphatic hydroxyl groups is 1. The molecule has 1 amide bonds. The topological polar surface area (TPSA) is 40.5 Å². The third kappa shape index (κ3) is 1.91. The van der Waals surface area contributed by atoms with E-state index < -0.39 is 0 Å². The maximum absolute atomic E-state index is 11.5. The number of carbonyl (C=O) groups excluding carboxylic acids is 1. The molecule has 0 radical (unpaired) electrons. The highest BCUT2D eigenvalue weighted by Crippen LogP contribution is 2.22. The summed E-state index contributed by atoms with van der Waals surface area (Å²) in [5, 5.41) is 9.02. The van der Waals surface area contributed by atoms with Crippen LogP contribution in [0.5, 0.6) is 0 Å². The molecule has 0 aromatic heterocycles. The van der Waals surface area contributed by atoms with Gasteiger partial charge in [0.05, 0.1) is 6.10 Å². The zero-order chi connectivity index (χ0) is 9.26. The second kappa shape index (κ2) is 3.50. The van der Waals surface area contributed by atoms with Crippen LogP contribution in [-0.2, 0) is 4.79 Å². The van der Waals surface area contributed by atoms with Crippen LogP contribution in [0.1, 0.15) is 19.3 Å². The first-order chi connectivity index (χ1) is 6.25. The minimum Gasteiger partial charge on any atom is -0.389 e. The van der Waals surface area contributed by atoms with Gasteiger partial charge in [0.25, 0.3) is 0 Å². The number of amides is 1. The first kappa shape index (κ1) is 8.75. The quantitative estimate of drug-likeness (QED) is 0.632. The molecule has 1 heterocycles. The maximum atomic E-state index is 11.5. The molecule has 3 heteroatoms. The van der Waals surface area contributed by atoms with E-state index in [1.807, 2.05) is 0 Å². The minimum atomic E-state index is -0.275. The van der Waals surface area contributed by atoms with Crippen molar-refractivity contribution in [3.63, 3.8) is 0 Å². The molecule has 0 bridgehead atoms. The summed E-state index contributed by atoms with van der Waals surface area (Å²) in [5.74, 6) is 0.645. The lowest BCUT2D eigenvalue weighted by molar-refractivity contribution is -0.141. The number of carbonyl (C=O) groups is 1. The fourth-order valence-corrected chi connectivity index (χ4v) is 1.88. The fraction of sp³-hybridized carbons (Fsp3) is 0.700. The Balaban J connectivity index is 1.75. The molecule has 0 aromatic rings. The Hall–Kier alpha value is -0.830. The SMILES string of the molecule is O=C(CC1C=CCC1)N1CC(O)C1. The third-order valence-electron chi connectivity index (χ3n) is 2.76. The van der Waals surface area contributed by atoms with E-state index in [0.717, 1.165) is 12.8 Å². The van der Waals surface area contributed by atoms with Crippen molar-refractivity contribution in [2.45, 2.75) is 25.4 Å². The van der Waals surface area contributed by atoms with Crippen molar-refractivity contribution in [2.75, 3.05) is 13.1 Å². The average molecular weight is 181 g/mol. The largest absolute Gasteiger partial charge is 0.389 e. The number of allylic oxidation sites excluding steroid dienone is 2. The predicted octanol–water partition coefficient (Wildman–Crippen LogP) is 0.546. The van der Waals surface area contributed by atoms with Crippen LogP contribution >= 0.6 is 0 Å². The summed E-state index contributed by atoms with van der Waals surface area (Å²) in [6, 6.07) is 0. The number of rotatable bonds is 2. The van der Waals surface area contributed by atoms with Crippen LogP contribution in [-0.4, -0.2) is 35.1 Å². The van der Waals surface area contributed by atoms with Gasteiger partial charge in [0, 0.05) is 19.5 Å². The smallest absolute Gasteiger partial charge is 0.223 e. The number of β-amino-alcohol motifs (C(OH)–C–C–N with tert-alkyl or cyclic N) is 1. The van der Waals surface area contributed by atoms with Gasteiger partial charge < -0.3 is 10.0 Å². The summed E-state index contributed by atoms with van der Waals surface area (Å²) in [5.41, 5.74) is 0. The minimum absolute atomic E-state index is 0.196. The Morgan fingerprint density at radius 3 is 2.85 bits per heavy atom. The fourth-order valence-electron chi connectivity index (χ4n) is 1.88. The number of likely N-dealkylation sites (tertiary alicyclic amines) is 1. The van der Waals surface area contributed by atoms with Gasteiger partial charge in [-0.15, -0.1) is 0 Å². The van der Waals surface area contributed by atoms with Crippen molar-refractivity contribution in [3.05, 3.63) is 12.2 Å². The van der Waals surface area contributed by atoms with E-state index in [-0.39, 0.29) is 12.0 Å². The first-order valence-corrected chi connectivity index (χ1v) is 4.88. The van der Waals surface area contributed by atoms with Gasteiger partial charge in [0.1, 0.15) is 0 Å². The first-order valence-electron chi connectivity index (χ1n) is 4.88. The predicted molar refractivity (Wildman–Crippen MR) is 49.1 cm³/mol. The van der Waals surface area contributed by atoms with E-state index in [0.29, 0.717) is 25.4 Å². The monoisotopic (exact) mass is 181 g/mol. The van der Waals surface area contributed by atoms with E-state index >= 15 is 0 Å². The summed E-state index contributed by atoms with van der Waals surface area (Å²) in [6.07, 6.45) is 6.85. The van der Waals surface area contributed by atoms with Crippen LogP contribution in [0.25, 0.3) is 0 Å². The van der Waals surface area contributed by atoms with Gasteiger partial charge >= 0.3 is 0 Å². The summed E-state index contributed by atoms with van der Waals surface area (Å²) in [4.78, 5) is 13.2. The molecule has 0 spiro atoms. The molecular formula is C10H15NO2. The van der Waals surface area contributed by atoms with Crippen LogP contribution < -0.4 is 0 Å². The van der Waals surface area contributed by atoms with Crippen molar-refractivity contribution in [1.82, 2.24) is 4.90 Å². The summed E-state index contributed by atoms with van der Waals surface area (Å²) >= 11 is 0. The normalized spacial score (nSPS) is 27.8. The van der Waals surface area contributed by atoms with Crippen molar-refractivity contribution in [2.24, 2.45) is 5.92 Å². The molecule has 3 nitrogen and oxygen atoms in total. The Kier molecular flexibility index (Phi) is 2.36. The molecule has 72 valence electrons. The number of hydrogen-bond donors (Lipinski definition) is 1. The van der Waals surface area contributed by atoms with E-state index in [2.05, 4.69) is 12.2 Å². The van der Waals surface area contributed by atoms with Crippen LogP contribution in [0.2, 0.25) is 0 Å². The Morgan fingerprint density at radius 1 is 1.54 bits per heavy atom. The van der Waals surface area contributed by atoms with Crippen molar-refractivity contribution in [3.8, 4) is 0 Å². The Bertz CT molecular complexity index is 231. The molecule has 1 saturated heterocycles. The van der Waals surface area contributed by atoms with Crippen LogP contribution in [0.15, 0.2) is 12.2 Å². The van der Waals surface area contributed by atoms with Gasteiger partial charge in [0.2, 0.25) is 5.91 Å². The van der Waals surface area contributed by atoms with Crippen LogP contribution in [0.3, 0.4) is 0 Å². The molecule has 1 aliphatic heterocycles. The van der Waals surface area contributed by atoms with Crippen molar-refractivity contribution >= 4 is 5.91 Å². The number of nitrogens with zero attached hydrogens (tertiary/aromatic N) is 1. The summed E-state index contributed by atoms with van der Waals surface area (Å²) in [7, 11) is 0. The van der Waals surface area contributed by atoms with E-state index in [9.17, 15) is 4.79 Å². The zero-order valence-electron chi connectivity index (χ0n) is 7.65. The van der Waals surface area contributed by atoms with Crippen LogP contribution in [0.4, 0.5) is 0 Å². The second-order valence-corrected chi connectivity index (χ2v) is 3.92. The van der Waals surface area contributed by atoms with Gasteiger partial charge in [-0.3, -0.25) is 4.79 Å². The Morgan fingerprint density at radius 2 is 2.31 bits per heavy atom. The molecule has 1 N–H and O–H groups in total. The van der Waals surface area contributed by atoms with Crippen LogP contribution in [0, 0.1) is 5.92 Å². The van der Waals surface area contributed by atoms with E-state index in [1.165, 1.54) is 0 Å². The molecule has 13 heavy (non-hydrogen) atoms. The lowest BCUT2D eigenvalue weighted by Crippen LogP contribution is -2.53. The molecule has 0 saturated carbocycles. The van der Waals surface area contributed by atoms with E-state index in [4.69, 9.17) is 5.11 Å².